The minimum atomic E-state index is -0.336. The van der Waals surface area contributed by atoms with Gasteiger partial charge in [0.1, 0.15) is 12.1 Å². The van der Waals surface area contributed by atoms with Gasteiger partial charge in [-0.3, -0.25) is 9.20 Å². The molecule has 1 amide bonds. The van der Waals surface area contributed by atoms with E-state index in [-0.39, 0.29) is 29.8 Å². The molecule has 4 rings (SSSR count). The maximum Gasteiger partial charge on any atom is 0.251 e. The fourth-order valence-corrected chi connectivity index (χ4v) is 3.23. The van der Waals surface area contributed by atoms with Gasteiger partial charge in [-0.25, -0.2) is 4.39 Å². The Morgan fingerprint density at radius 1 is 1.28 bits per heavy atom. The first-order chi connectivity index (χ1) is 12.1. The van der Waals surface area contributed by atoms with Crippen LogP contribution in [0.5, 0.6) is 0 Å². The molecule has 0 bridgehead atoms. The molecule has 1 aliphatic carbocycles. The second-order valence-corrected chi connectivity index (χ2v) is 6.40. The minimum Gasteiger partial charge on any atom is -0.393 e. The van der Waals surface area contributed by atoms with Gasteiger partial charge in [0, 0.05) is 11.8 Å². The molecule has 1 saturated carbocycles. The number of hydrogen-bond donors (Lipinski definition) is 2. The Hall–Kier alpha value is -2.80. The largest absolute Gasteiger partial charge is 0.393 e. The summed E-state index contributed by atoms with van der Waals surface area (Å²) in [5.74, 6) is -0.429. The highest BCUT2D eigenvalue weighted by Crippen LogP contribution is 2.38. The Balaban J connectivity index is 1.58. The summed E-state index contributed by atoms with van der Waals surface area (Å²) >= 11 is 0. The molecular formula is C18H17FN4O2. The Morgan fingerprint density at radius 2 is 2.04 bits per heavy atom. The van der Waals surface area contributed by atoms with E-state index in [9.17, 15) is 14.3 Å². The quantitative estimate of drug-likeness (QED) is 0.762. The molecular weight excluding hydrogens is 323 g/mol. The van der Waals surface area contributed by atoms with Gasteiger partial charge in [0.05, 0.1) is 12.1 Å². The molecule has 0 radical (unpaired) electrons. The van der Waals surface area contributed by atoms with E-state index in [2.05, 4.69) is 15.5 Å². The molecule has 0 unspecified atom stereocenters. The van der Waals surface area contributed by atoms with Gasteiger partial charge in [0.2, 0.25) is 0 Å². The van der Waals surface area contributed by atoms with Crippen molar-refractivity contribution in [2.45, 2.75) is 25.0 Å². The van der Waals surface area contributed by atoms with Crippen LogP contribution >= 0.6 is 0 Å². The van der Waals surface area contributed by atoms with Crippen molar-refractivity contribution in [3.8, 4) is 0 Å². The molecule has 1 atom stereocenters. The van der Waals surface area contributed by atoms with Gasteiger partial charge in [0.25, 0.3) is 5.91 Å². The first-order valence-corrected chi connectivity index (χ1v) is 8.14. The number of carbonyl (C=O) groups is 1. The number of aliphatic hydroxyl groups excluding tert-OH is 1. The number of pyridine rings is 1. The molecule has 7 heteroatoms. The van der Waals surface area contributed by atoms with Crippen LogP contribution in [-0.2, 0) is 0 Å². The third-order valence-corrected chi connectivity index (χ3v) is 4.70. The number of amides is 1. The maximum absolute atomic E-state index is 13.2. The number of nitrogens with one attached hydrogen (secondary N) is 1. The number of nitrogens with zero attached hydrogens (tertiary/aromatic N) is 3. The van der Waals surface area contributed by atoms with E-state index >= 15 is 0 Å². The topological polar surface area (TPSA) is 79.5 Å². The molecule has 0 saturated heterocycles. The fraction of sp³-hybridized carbons (Fsp3) is 0.278. The summed E-state index contributed by atoms with van der Waals surface area (Å²) in [6.07, 6.45) is 4.19. The second-order valence-electron chi connectivity index (χ2n) is 6.40. The lowest BCUT2D eigenvalue weighted by Gasteiger charge is -2.38. The van der Waals surface area contributed by atoms with E-state index < -0.39 is 0 Å². The molecule has 1 aromatic carbocycles. The first kappa shape index (κ1) is 15.7. The zero-order valence-corrected chi connectivity index (χ0v) is 13.3. The van der Waals surface area contributed by atoms with Crippen LogP contribution in [0.2, 0.25) is 0 Å². The van der Waals surface area contributed by atoms with Crippen molar-refractivity contribution in [2.24, 2.45) is 5.92 Å². The summed E-state index contributed by atoms with van der Waals surface area (Å²) in [6.45, 7) is 0. The number of benzene rings is 1. The molecule has 3 aromatic rings. The van der Waals surface area contributed by atoms with E-state index in [1.165, 1.54) is 12.1 Å². The highest BCUT2D eigenvalue weighted by atomic mass is 19.1. The van der Waals surface area contributed by atoms with Gasteiger partial charge in [-0.15, -0.1) is 10.2 Å². The van der Waals surface area contributed by atoms with Crippen molar-refractivity contribution in [1.29, 1.82) is 0 Å². The smallest absolute Gasteiger partial charge is 0.251 e. The molecule has 2 heterocycles. The molecule has 2 N–H and O–H groups in total. The summed E-state index contributed by atoms with van der Waals surface area (Å²) < 4.78 is 14.9. The van der Waals surface area contributed by atoms with Crippen molar-refractivity contribution in [3.05, 3.63) is 65.9 Å². The summed E-state index contributed by atoms with van der Waals surface area (Å²) in [6, 6.07) is 9.20. The van der Waals surface area contributed by atoms with Gasteiger partial charge in [0.15, 0.2) is 5.65 Å². The molecule has 0 aliphatic heterocycles. The summed E-state index contributed by atoms with van der Waals surface area (Å²) in [7, 11) is 0. The standard InChI is InChI=1S/C18H17FN4O2/c19-14-3-1-11(2-4-14)17(13-7-15(24)8-13)21-18(25)12-5-6-23-10-20-22-16(23)9-12/h1-6,9-10,13,15,17,24H,7-8H2,(H,21,25)/t13?,15?,17-/m1/s1. The molecule has 1 aliphatic rings. The van der Waals surface area contributed by atoms with Crippen LogP contribution in [-0.4, -0.2) is 31.7 Å². The van der Waals surface area contributed by atoms with Crippen LogP contribution in [0.4, 0.5) is 4.39 Å². The third kappa shape index (κ3) is 3.10. The number of halogens is 1. The number of aromatic nitrogens is 3. The maximum atomic E-state index is 13.2. The van der Waals surface area contributed by atoms with E-state index in [0.29, 0.717) is 24.1 Å². The van der Waals surface area contributed by atoms with E-state index in [4.69, 9.17) is 0 Å². The first-order valence-electron chi connectivity index (χ1n) is 8.14. The second kappa shape index (κ2) is 6.25. The molecule has 0 spiro atoms. The van der Waals surface area contributed by atoms with Gasteiger partial charge in [-0.2, -0.15) is 0 Å². The van der Waals surface area contributed by atoms with Crippen molar-refractivity contribution >= 4 is 11.6 Å². The number of hydrogen-bond acceptors (Lipinski definition) is 4. The predicted octanol–water partition coefficient (Wildman–Crippen LogP) is 2.11. The minimum absolute atomic E-state index is 0.126. The molecule has 25 heavy (non-hydrogen) atoms. The van der Waals surface area contributed by atoms with Crippen molar-refractivity contribution < 1.29 is 14.3 Å². The highest BCUT2D eigenvalue weighted by molar-refractivity contribution is 5.95. The lowest BCUT2D eigenvalue weighted by Crippen LogP contribution is -2.41. The number of fused-ring (bicyclic) bond motifs is 1. The van der Waals surface area contributed by atoms with E-state index in [1.807, 2.05) is 0 Å². The van der Waals surface area contributed by atoms with Gasteiger partial charge < -0.3 is 10.4 Å². The number of carbonyl (C=O) groups excluding carboxylic acids is 1. The Morgan fingerprint density at radius 3 is 2.76 bits per heavy atom. The molecule has 6 nitrogen and oxygen atoms in total. The van der Waals surface area contributed by atoms with Crippen LogP contribution in [0.25, 0.3) is 5.65 Å². The fourth-order valence-electron chi connectivity index (χ4n) is 3.23. The average molecular weight is 340 g/mol. The van der Waals surface area contributed by atoms with Crippen molar-refractivity contribution in [2.75, 3.05) is 0 Å². The van der Waals surface area contributed by atoms with Gasteiger partial charge in [-0.1, -0.05) is 12.1 Å². The van der Waals surface area contributed by atoms with Gasteiger partial charge in [-0.05, 0) is 48.6 Å². The summed E-state index contributed by atoms with van der Waals surface area (Å²) in [5, 5.41) is 20.4. The Bertz CT molecular complexity index is 903. The summed E-state index contributed by atoms with van der Waals surface area (Å²) in [4.78, 5) is 12.7. The zero-order valence-electron chi connectivity index (χ0n) is 13.3. The highest BCUT2D eigenvalue weighted by Gasteiger charge is 2.35. The van der Waals surface area contributed by atoms with E-state index in [0.717, 1.165) is 5.56 Å². The predicted molar refractivity (Wildman–Crippen MR) is 88.3 cm³/mol. The lowest BCUT2D eigenvalue weighted by atomic mass is 9.75. The number of rotatable bonds is 4. The van der Waals surface area contributed by atoms with Crippen LogP contribution in [0.3, 0.4) is 0 Å². The van der Waals surface area contributed by atoms with Crippen LogP contribution in [0.1, 0.15) is 34.8 Å². The van der Waals surface area contributed by atoms with E-state index in [1.54, 1.807) is 41.2 Å². The van der Waals surface area contributed by atoms with Crippen molar-refractivity contribution in [1.82, 2.24) is 19.9 Å². The monoisotopic (exact) mass is 340 g/mol. The number of aliphatic hydroxyl groups is 1. The normalized spacial score (nSPS) is 20.9. The third-order valence-electron chi connectivity index (χ3n) is 4.70. The SMILES string of the molecule is O=C(N[C@H](c1ccc(F)cc1)C1CC(O)C1)c1ccn2cnnc2c1. The molecule has 2 aromatic heterocycles. The van der Waals surface area contributed by atoms with Crippen LogP contribution in [0, 0.1) is 11.7 Å². The molecule has 128 valence electrons. The lowest BCUT2D eigenvalue weighted by molar-refractivity contribution is 0.0235. The van der Waals surface area contributed by atoms with Crippen LogP contribution < -0.4 is 5.32 Å². The molecule has 1 fully saturated rings. The summed E-state index contributed by atoms with van der Waals surface area (Å²) in [5.41, 5.74) is 1.90. The Kier molecular flexibility index (Phi) is 3.93. The van der Waals surface area contributed by atoms with Crippen LogP contribution in [0.15, 0.2) is 48.9 Å². The van der Waals surface area contributed by atoms with Crippen molar-refractivity contribution in [3.63, 3.8) is 0 Å². The Labute approximate surface area is 143 Å². The average Bonchev–Trinajstić information content (AvgIpc) is 3.05. The van der Waals surface area contributed by atoms with Gasteiger partial charge >= 0.3 is 0 Å². The zero-order chi connectivity index (χ0) is 17.4.